The van der Waals surface area contributed by atoms with Gasteiger partial charge in [-0.3, -0.25) is 0 Å². The Bertz CT molecular complexity index is 582. The molecule has 3 rings (SSSR count). The molecule has 0 aliphatic heterocycles. The van der Waals surface area contributed by atoms with Crippen LogP contribution in [-0.2, 0) is 13.5 Å². The molecular weight excluding hydrogens is 227 g/mol. The van der Waals surface area contributed by atoms with Gasteiger partial charge in [0.25, 0.3) is 0 Å². The van der Waals surface area contributed by atoms with Crippen LogP contribution in [0.25, 0.3) is 10.9 Å². The summed E-state index contributed by atoms with van der Waals surface area (Å²) >= 11 is 0. The molecule has 1 heterocycles. The molecule has 2 nitrogen and oxygen atoms in total. The lowest BCUT2D eigenvalue weighted by atomic mass is 10.1. The average Bonchev–Trinajstić information content (AvgIpc) is 3.14. The minimum atomic E-state index is -0.161. The summed E-state index contributed by atoms with van der Waals surface area (Å²) in [5, 5.41) is 4.72. The second kappa shape index (κ2) is 4.39. The van der Waals surface area contributed by atoms with Crippen LogP contribution >= 0.6 is 0 Å². The zero-order chi connectivity index (χ0) is 12.7. The van der Waals surface area contributed by atoms with E-state index >= 15 is 0 Å². The summed E-state index contributed by atoms with van der Waals surface area (Å²) in [5.41, 5.74) is 3.59. The van der Waals surface area contributed by atoms with Crippen molar-refractivity contribution in [2.75, 3.05) is 6.54 Å². The first-order valence-electron chi connectivity index (χ1n) is 6.63. The van der Waals surface area contributed by atoms with E-state index in [4.69, 9.17) is 0 Å². The van der Waals surface area contributed by atoms with Gasteiger partial charge in [0, 0.05) is 24.2 Å². The largest absolute Gasteiger partial charge is 0.348 e. The van der Waals surface area contributed by atoms with Crippen LogP contribution in [0.2, 0.25) is 0 Å². The maximum atomic E-state index is 13.3. The van der Waals surface area contributed by atoms with Crippen LogP contribution in [0, 0.1) is 12.7 Å². The van der Waals surface area contributed by atoms with Crippen LogP contribution in [-0.4, -0.2) is 17.2 Å². The van der Waals surface area contributed by atoms with Crippen molar-refractivity contribution >= 4 is 10.9 Å². The fourth-order valence-electron chi connectivity index (χ4n) is 2.62. The first kappa shape index (κ1) is 11.7. The second-order valence-electron chi connectivity index (χ2n) is 5.26. The molecule has 1 aliphatic rings. The first-order valence-corrected chi connectivity index (χ1v) is 6.63. The Balaban J connectivity index is 1.91. The van der Waals surface area contributed by atoms with Gasteiger partial charge in [-0.1, -0.05) is 0 Å². The molecule has 0 amide bonds. The normalized spacial score (nSPS) is 15.5. The van der Waals surface area contributed by atoms with Crippen molar-refractivity contribution in [1.82, 2.24) is 9.88 Å². The van der Waals surface area contributed by atoms with Crippen molar-refractivity contribution in [2.24, 2.45) is 7.05 Å². The SMILES string of the molecule is Cc1c(CCNC2CC2)c2ccc(F)cc2n1C. The lowest BCUT2D eigenvalue weighted by molar-refractivity contribution is 0.629. The quantitative estimate of drug-likeness (QED) is 0.877. The Morgan fingerprint density at radius 3 is 2.89 bits per heavy atom. The minimum absolute atomic E-state index is 0.161. The molecule has 0 unspecified atom stereocenters. The van der Waals surface area contributed by atoms with Gasteiger partial charge >= 0.3 is 0 Å². The van der Waals surface area contributed by atoms with Gasteiger partial charge in [0.15, 0.2) is 0 Å². The van der Waals surface area contributed by atoms with Crippen LogP contribution in [0.5, 0.6) is 0 Å². The van der Waals surface area contributed by atoms with E-state index < -0.39 is 0 Å². The van der Waals surface area contributed by atoms with E-state index in [1.165, 1.54) is 29.5 Å². The summed E-state index contributed by atoms with van der Waals surface area (Å²) in [6.07, 6.45) is 3.66. The molecule has 0 radical (unpaired) electrons. The summed E-state index contributed by atoms with van der Waals surface area (Å²) in [4.78, 5) is 0. The zero-order valence-corrected chi connectivity index (χ0v) is 11.0. The number of aromatic nitrogens is 1. The number of rotatable bonds is 4. The van der Waals surface area contributed by atoms with E-state index in [1.807, 2.05) is 13.1 Å². The van der Waals surface area contributed by atoms with Gasteiger partial charge in [0.2, 0.25) is 0 Å². The third kappa shape index (κ3) is 2.03. The molecule has 18 heavy (non-hydrogen) atoms. The predicted molar refractivity (Wildman–Crippen MR) is 72.3 cm³/mol. The number of hydrogen-bond donors (Lipinski definition) is 1. The van der Waals surface area contributed by atoms with E-state index in [0.29, 0.717) is 0 Å². The molecule has 3 heteroatoms. The van der Waals surface area contributed by atoms with Crippen molar-refractivity contribution in [3.63, 3.8) is 0 Å². The van der Waals surface area contributed by atoms with E-state index in [2.05, 4.69) is 16.8 Å². The Kier molecular flexibility index (Phi) is 2.86. The summed E-state index contributed by atoms with van der Waals surface area (Å²) in [7, 11) is 2.01. The molecule has 1 aliphatic carbocycles. The van der Waals surface area contributed by atoms with Crippen molar-refractivity contribution in [3.8, 4) is 0 Å². The highest BCUT2D eigenvalue weighted by Crippen LogP contribution is 2.26. The number of aryl methyl sites for hydroxylation is 1. The number of hydrogen-bond acceptors (Lipinski definition) is 1. The first-order chi connectivity index (χ1) is 8.66. The van der Waals surface area contributed by atoms with E-state index in [1.54, 1.807) is 12.1 Å². The van der Waals surface area contributed by atoms with Crippen LogP contribution < -0.4 is 5.32 Å². The van der Waals surface area contributed by atoms with Crippen LogP contribution in [0.4, 0.5) is 4.39 Å². The third-order valence-corrected chi connectivity index (χ3v) is 3.97. The Labute approximate surface area is 107 Å². The lowest BCUT2D eigenvalue weighted by Crippen LogP contribution is -2.19. The van der Waals surface area contributed by atoms with Crippen LogP contribution in [0.3, 0.4) is 0 Å². The smallest absolute Gasteiger partial charge is 0.125 e. The van der Waals surface area contributed by atoms with Gasteiger partial charge in [-0.15, -0.1) is 0 Å². The number of fused-ring (bicyclic) bond motifs is 1. The molecule has 0 spiro atoms. The summed E-state index contributed by atoms with van der Waals surface area (Å²) in [6, 6.07) is 5.84. The number of nitrogens with zero attached hydrogens (tertiary/aromatic N) is 1. The lowest BCUT2D eigenvalue weighted by Gasteiger charge is -2.04. The molecule has 96 valence electrons. The van der Waals surface area contributed by atoms with E-state index in [9.17, 15) is 4.39 Å². The molecule has 1 aromatic heterocycles. The molecule has 1 saturated carbocycles. The Morgan fingerprint density at radius 2 is 2.17 bits per heavy atom. The zero-order valence-electron chi connectivity index (χ0n) is 11.0. The topological polar surface area (TPSA) is 17.0 Å². The summed E-state index contributed by atoms with van der Waals surface area (Å²) in [5.74, 6) is -0.161. The minimum Gasteiger partial charge on any atom is -0.348 e. The van der Waals surface area contributed by atoms with Crippen molar-refractivity contribution in [3.05, 3.63) is 35.3 Å². The fraction of sp³-hybridized carbons (Fsp3) is 0.467. The molecule has 0 atom stereocenters. The molecule has 1 N–H and O–H groups in total. The Hall–Kier alpha value is -1.35. The van der Waals surface area contributed by atoms with Crippen molar-refractivity contribution in [1.29, 1.82) is 0 Å². The molecule has 0 saturated heterocycles. The van der Waals surface area contributed by atoms with Crippen LogP contribution in [0.15, 0.2) is 18.2 Å². The van der Waals surface area contributed by atoms with Crippen molar-refractivity contribution in [2.45, 2.75) is 32.2 Å². The maximum absolute atomic E-state index is 13.3. The molecule has 2 aromatic rings. The monoisotopic (exact) mass is 246 g/mol. The van der Waals surface area contributed by atoms with E-state index in [0.717, 1.165) is 24.5 Å². The third-order valence-electron chi connectivity index (χ3n) is 3.97. The highest BCUT2D eigenvalue weighted by Gasteiger charge is 2.20. The standard InChI is InChI=1S/C15H19FN2/c1-10-13(7-8-17-12-4-5-12)14-6-3-11(16)9-15(14)18(10)2/h3,6,9,12,17H,4-5,7-8H2,1-2H3. The average molecular weight is 246 g/mol. The predicted octanol–water partition coefficient (Wildman–Crippen LogP) is 2.92. The maximum Gasteiger partial charge on any atom is 0.125 e. The summed E-state index contributed by atoms with van der Waals surface area (Å²) < 4.78 is 15.4. The number of nitrogens with one attached hydrogen (secondary N) is 1. The van der Waals surface area contributed by atoms with Crippen molar-refractivity contribution < 1.29 is 4.39 Å². The van der Waals surface area contributed by atoms with Gasteiger partial charge in [-0.2, -0.15) is 0 Å². The highest BCUT2D eigenvalue weighted by atomic mass is 19.1. The van der Waals surface area contributed by atoms with Gasteiger partial charge in [0.1, 0.15) is 5.82 Å². The van der Waals surface area contributed by atoms with E-state index in [-0.39, 0.29) is 5.82 Å². The summed E-state index contributed by atoms with van der Waals surface area (Å²) in [6.45, 7) is 3.13. The van der Waals surface area contributed by atoms with Gasteiger partial charge in [-0.25, -0.2) is 4.39 Å². The second-order valence-corrected chi connectivity index (χ2v) is 5.26. The molecule has 1 fully saturated rings. The van der Waals surface area contributed by atoms with Gasteiger partial charge in [-0.05, 0) is 56.5 Å². The Morgan fingerprint density at radius 1 is 1.39 bits per heavy atom. The number of halogens is 1. The fourth-order valence-corrected chi connectivity index (χ4v) is 2.62. The number of benzene rings is 1. The highest BCUT2D eigenvalue weighted by molar-refractivity contribution is 5.85. The molecule has 1 aromatic carbocycles. The molecular formula is C15H19FN2. The van der Waals surface area contributed by atoms with Crippen LogP contribution in [0.1, 0.15) is 24.1 Å². The molecule has 0 bridgehead atoms. The van der Waals surface area contributed by atoms with Gasteiger partial charge in [0.05, 0.1) is 5.52 Å². The van der Waals surface area contributed by atoms with Gasteiger partial charge < -0.3 is 9.88 Å².